The van der Waals surface area contributed by atoms with Crippen molar-refractivity contribution in [3.8, 4) is 0 Å². The number of nitrogens with zero attached hydrogens (tertiary/aromatic N) is 1. The third-order valence-electron chi connectivity index (χ3n) is 0.963. The minimum Gasteiger partial charge on any atom is -0.282 e. The summed E-state index contributed by atoms with van der Waals surface area (Å²) >= 11 is 0. The van der Waals surface area contributed by atoms with Gasteiger partial charge in [-0.1, -0.05) is 19.9 Å². The van der Waals surface area contributed by atoms with Crippen molar-refractivity contribution in [1.82, 2.24) is 4.98 Å². The molecule has 0 aromatic carbocycles. The Hall–Kier alpha value is -0.780. The number of hydrogen-bond acceptors (Lipinski definition) is 4. The van der Waals surface area contributed by atoms with Crippen molar-refractivity contribution in [3.05, 3.63) is 24.4 Å². The summed E-state index contributed by atoms with van der Waals surface area (Å²) in [6.45, 7) is 4.00. The van der Waals surface area contributed by atoms with Crippen LogP contribution in [0, 0.1) is 0 Å². The molecule has 4 nitrogen and oxygen atoms in total. The molecule has 1 rings (SSSR count). The van der Waals surface area contributed by atoms with Gasteiger partial charge >= 0.3 is 0 Å². The van der Waals surface area contributed by atoms with Gasteiger partial charge in [0.1, 0.15) is 5.82 Å². The monoisotopic (exact) mass is 204 g/mol. The maximum absolute atomic E-state index is 8.96. The Balaban J connectivity index is 0.000000671. The Labute approximate surface area is 80.5 Å². The molecule has 0 bridgehead atoms. The average molecular weight is 204 g/mol. The molecule has 0 unspecified atom stereocenters. The lowest BCUT2D eigenvalue weighted by Crippen LogP contribution is -2.07. The van der Waals surface area contributed by atoms with Gasteiger partial charge in [0.25, 0.3) is 0 Å². The minimum absolute atomic E-state index is 0.468. The van der Waals surface area contributed by atoms with Crippen LogP contribution in [0.2, 0.25) is 0 Å². The quantitative estimate of drug-likeness (QED) is 0.693. The van der Waals surface area contributed by atoms with Gasteiger partial charge in [0.2, 0.25) is 0 Å². The molecule has 0 aliphatic carbocycles. The molecule has 0 aliphatic rings. The summed E-state index contributed by atoms with van der Waals surface area (Å²) in [7, 11) is -2.69. The number of hydrogen-bond donors (Lipinski definition) is 3. The first-order valence-electron chi connectivity index (χ1n) is 4.00. The number of anilines is 1. The van der Waals surface area contributed by atoms with E-state index in [4.69, 9.17) is 9.11 Å². The lowest BCUT2D eigenvalue weighted by Gasteiger charge is -2.27. The normalized spacial score (nSPS) is 11.2. The lowest BCUT2D eigenvalue weighted by molar-refractivity contribution is 0.502. The van der Waals surface area contributed by atoms with E-state index in [9.17, 15) is 0 Å². The van der Waals surface area contributed by atoms with Crippen LogP contribution in [-0.2, 0) is 0 Å². The molecule has 0 saturated heterocycles. The molecule has 3 N–H and O–H groups in total. The predicted octanol–water partition coefficient (Wildman–Crippen LogP) is 2.82. The van der Waals surface area contributed by atoms with E-state index in [2.05, 4.69) is 9.71 Å². The molecular weight excluding hydrogens is 188 g/mol. The Morgan fingerprint density at radius 1 is 1.31 bits per heavy atom. The van der Waals surface area contributed by atoms with Crippen molar-refractivity contribution in [3.63, 3.8) is 0 Å². The number of pyridine rings is 1. The van der Waals surface area contributed by atoms with Crippen molar-refractivity contribution in [1.29, 1.82) is 0 Å². The van der Waals surface area contributed by atoms with Crippen LogP contribution in [0.3, 0.4) is 0 Å². The molecular formula is C8H16N2O2S. The molecule has 0 saturated carbocycles. The first-order chi connectivity index (χ1) is 6.08. The van der Waals surface area contributed by atoms with Crippen molar-refractivity contribution in [2.45, 2.75) is 13.8 Å². The highest BCUT2D eigenvalue weighted by atomic mass is 32.3. The molecule has 0 spiro atoms. The fraction of sp³-hybridized carbons (Fsp3) is 0.375. The lowest BCUT2D eigenvalue weighted by atomic mass is 10.5. The van der Waals surface area contributed by atoms with Crippen molar-refractivity contribution in [2.75, 3.05) is 11.0 Å². The second-order valence-electron chi connectivity index (χ2n) is 2.15. The maximum Gasteiger partial charge on any atom is 0.143 e. The van der Waals surface area contributed by atoms with Crippen molar-refractivity contribution in [2.24, 2.45) is 0 Å². The summed E-state index contributed by atoms with van der Waals surface area (Å²) in [6, 6.07) is 5.19. The van der Waals surface area contributed by atoms with E-state index >= 15 is 0 Å². The van der Waals surface area contributed by atoms with E-state index in [0.717, 1.165) is 0 Å². The van der Waals surface area contributed by atoms with Gasteiger partial charge in [-0.05, 0) is 12.1 Å². The van der Waals surface area contributed by atoms with Crippen LogP contribution in [0.15, 0.2) is 24.4 Å². The Morgan fingerprint density at radius 3 is 2.31 bits per heavy atom. The highest BCUT2D eigenvalue weighted by Crippen LogP contribution is 2.32. The van der Waals surface area contributed by atoms with Crippen molar-refractivity contribution < 1.29 is 9.11 Å². The summed E-state index contributed by atoms with van der Waals surface area (Å²) < 4.78 is 20.4. The molecule has 5 heteroatoms. The summed E-state index contributed by atoms with van der Waals surface area (Å²) in [5.41, 5.74) is 0. The van der Waals surface area contributed by atoms with E-state index in [-0.39, 0.29) is 0 Å². The average Bonchev–Trinajstić information content (AvgIpc) is 2.07. The molecule has 1 heterocycles. The Morgan fingerprint density at radius 2 is 1.92 bits per heavy atom. The minimum atomic E-state index is -2.69. The van der Waals surface area contributed by atoms with Crippen LogP contribution in [0.25, 0.3) is 0 Å². The van der Waals surface area contributed by atoms with Crippen molar-refractivity contribution >= 4 is 16.6 Å². The molecule has 1 aromatic heterocycles. The number of aromatic nitrogens is 1. The van der Waals surface area contributed by atoms with Crippen LogP contribution < -0.4 is 4.72 Å². The smallest absolute Gasteiger partial charge is 0.143 e. The van der Waals surface area contributed by atoms with Gasteiger partial charge in [0, 0.05) is 12.5 Å². The highest BCUT2D eigenvalue weighted by Gasteiger charge is 2.02. The summed E-state index contributed by atoms with van der Waals surface area (Å²) in [4.78, 5) is 3.85. The predicted molar refractivity (Wildman–Crippen MR) is 58.0 cm³/mol. The van der Waals surface area contributed by atoms with Crippen LogP contribution in [-0.4, -0.2) is 20.3 Å². The van der Waals surface area contributed by atoms with Gasteiger partial charge in [-0.2, -0.15) is 0 Å². The Bertz CT molecular complexity index is 223. The summed E-state index contributed by atoms with van der Waals surface area (Å²) in [6.07, 6.45) is 2.88. The van der Waals surface area contributed by atoms with Gasteiger partial charge in [-0.3, -0.25) is 13.8 Å². The second kappa shape index (κ2) is 5.80. The third-order valence-corrected chi connectivity index (χ3v) is 1.56. The zero-order valence-electron chi connectivity index (χ0n) is 8.06. The molecule has 13 heavy (non-hydrogen) atoms. The standard InChI is InChI=1S/C6H10N2O2S.C2H6/c1-11(9,10)8-6-4-2-3-5-7-6;1-2/h2-5,9-10H,1H3,(H,7,8);1-2H3. The van der Waals surface area contributed by atoms with Gasteiger partial charge in [0.15, 0.2) is 0 Å². The first-order valence-corrected chi connectivity index (χ1v) is 5.95. The van der Waals surface area contributed by atoms with Gasteiger partial charge in [-0.25, -0.2) is 4.98 Å². The zero-order chi connectivity index (χ0) is 10.3. The molecule has 76 valence electrons. The molecule has 0 aliphatic heterocycles. The van der Waals surface area contributed by atoms with E-state index < -0.39 is 10.8 Å². The van der Waals surface area contributed by atoms with Gasteiger partial charge in [-0.15, -0.1) is 10.8 Å². The second-order valence-corrected chi connectivity index (χ2v) is 4.02. The fourth-order valence-corrected chi connectivity index (χ4v) is 1.14. The molecule has 0 radical (unpaired) electrons. The Kier molecular flexibility index (Phi) is 5.45. The zero-order valence-corrected chi connectivity index (χ0v) is 8.88. The van der Waals surface area contributed by atoms with E-state index in [0.29, 0.717) is 5.82 Å². The largest absolute Gasteiger partial charge is 0.282 e. The highest BCUT2D eigenvalue weighted by molar-refractivity contribution is 8.24. The maximum atomic E-state index is 8.96. The van der Waals surface area contributed by atoms with E-state index in [1.807, 2.05) is 13.8 Å². The number of rotatable bonds is 2. The topological polar surface area (TPSA) is 65.4 Å². The van der Waals surface area contributed by atoms with Crippen LogP contribution >= 0.6 is 10.8 Å². The SMILES string of the molecule is CC.CS(O)(O)Nc1ccccn1. The first kappa shape index (κ1) is 12.2. The van der Waals surface area contributed by atoms with Crippen LogP contribution in [0.4, 0.5) is 5.82 Å². The van der Waals surface area contributed by atoms with Gasteiger partial charge in [0.05, 0.1) is 0 Å². The molecule has 0 fully saturated rings. The molecule has 0 atom stereocenters. The third kappa shape index (κ3) is 6.39. The van der Waals surface area contributed by atoms with Crippen LogP contribution in [0.5, 0.6) is 0 Å². The number of nitrogens with one attached hydrogen (secondary N) is 1. The summed E-state index contributed by atoms with van der Waals surface area (Å²) in [5.74, 6) is 0.468. The molecule has 0 amide bonds. The fourth-order valence-electron chi connectivity index (χ4n) is 0.621. The molecule has 1 aromatic rings. The van der Waals surface area contributed by atoms with E-state index in [1.54, 1.807) is 24.4 Å². The van der Waals surface area contributed by atoms with Crippen LogP contribution in [0.1, 0.15) is 13.8 Å². The van der Waals surface area contributed by atoms with E-state index in [1.165, 1.54) is 6.26 Å². The summed E-state index contributed by atoms with van der Waals surface area (Å²) in [5, 5.41) is 0. The van der Waals surface area contributed by atoms with Gasteiger partial charge < -0.3 is 0 Å².